The van der Waals surface area contributed by atoms with Gasteiger partial charge in [0, 0.05) is 16.6 Å². The number of aryl methyl sites for hydroxylation is 2. The van der Waals surface area contributed by atoms with Gasteiger partial charge >= 0.3 is 0 Å². The van der Waals surface area contributed by atoms with Crippen LogP contribution in [0.15, 0.2) is 30.3 Å². The fraction of sp³-hybridized carbons (Fsp3) is 0.478. The molecular weight excluding hydrogens is 380 g/mol. The van der Waals surface area contributed by atoms with E-state index in [1.54, 1.807) is 0 Å². The Labute approximate surface area is 176 Å². The number of aromatic nitrogens is 2. The molecule has 5 nitrogen and oxygen atoms in total. The normalized spacial score (nSPS) is 21.5. The van der Waals surface area contributed by atoms with Crippen molar-refractivity contribution in [3.8, 4) is 5.88 Å². The molecule has 0 bridgehead atoms. The Morgan fingerprint density at radius 1 is 1.03 bits per heavy atom. The molecule has 0 saturated heterocycles. The van der Waals surface area contributed by atoms with Crippen molar-refractivity contribution in [1.82, 2.24) is 14.9 Å². The average molecular weight is 409 g/mol. The molecule has 2 aliphatic rings. The summed E-state index contributed by atoms with van der Waals surface area (Å²) in [6.45, 7) is 0. The monoisotopic (exact) mass is 408 g/mol. The maximum Gasteiger partial charge on any atom is 0.231 e. The smallest absolute Gasteiger partial charge is 0.231 e. The van der Waals surface area contributed by atoms with Gasteiger partial charge in [0.25, 0.3) is 0 Å². The van der Waals surface area contributed by atoms with Crippen LogP contribution in [0.5, 0.6) is 5.88 Å². The van der Waals surface area contributed by atoms with Gasteiger partial charge in [0.1, 0.15) is 10.9 Å². The van der Waals surface area contributed by atoms with Crippen LogP contribution < -0.4 is 10.1 Å². The van der Waals surface area contributed by atoms with E-state index in [1.165, 1.54) is 29.7 Å². The quantitative estimate of drug-likeness (QED) is 0.631. The van der Waals surface area contributed by atoms with Gasteiger partial charge in [-0.25, -0.2) is 4.98 Å². The van der Waals surface area contributed by atoms with Crippen LogP contribution in [0.4, 0.5) is 11.6 Å². The summed E-state index contributed by atoms with van der Waals surface area (Å²) in [7, 11) is 4.35. The number of benzene rings is 1. The van der Waals surface area contributed by atoms with E-state index in [4.69, 9.17) is 14.7 Å². The number of ether oxygens (including phenoxy) is 1. The third-order valence-electron chi connectivity index (χ3n) is 6.21. The number of hydrogen-bond donors (Lipinski definition) is 1. The summed E-state index contributed by atoms with van der Waals surface area (Å²) in [4.78, 5) is 14.5. The molecule has 2 aliphatic carbocycles. The molecule has 0 amide bonds. The van der Waals surface area contributed by atoms with Crippen molar-refractivity contribution in [2.75, 3.05) is 19.4 Å². The van der Waals surface area contributed by atoms with E-state index in [2.05, 4.69) is 24.3 Å². The standard InChI is InChI=1S/C23H28N4OS/c1-27(2)16-11-13-17(14-12-16)28-21-20-18-9-6-10-19(18)29-22(20)26-23(25-21)24-15-7-4-3-5-8-15/h3-5,7-8,16-17H,6,9-14H2,1-2H3,(H,24,25,26)/t16-,17-. The lowest BCUT2D eigenvalue weighted by molar-refractivity contribution is 0.109. The molecule has 1 fully saturated rings. The third-order valence-corrected chi connectivity index (χ3v) is 7.40. The molecule has 1 saturated carbocycles. The largest absolute Gasteiger partial charge is 0.474 e. The minimum atomic E-state index is 0.242. The second-order valence-electron chi connectivity index (χ2n) is 8.39. The fourth-order valence-electron chi connectivity index (χ4n) is 4.59. The highest BCUT2D eigenvalue weighted by molar-refractivity contribution is 7.19. The number of thiophene rings is 1. The Morgan fingerprint density at radius 2 is 1.83 bits per heavy atom. The van der Waals surface area contributed by atoms with Crippen LogP contribution in [-0.4, -0.2) is 41.1 Å². The fourth-order valence-corrected chi connectivity index (χ4v) is 5.84. The lowest BCUT2D eigenvalue weighted by Crippen LogP contribution is -2.35. The molecule has 1 N–H and O–H groups in total. The predicted molar refractivity (Wildman–Crippen MR) is 120 cm³/mol. The van der Waals surface area contributed by atoms with Crippen molar-refractivity contribution in [3.63, 3.8) is 0 Å². The van der Waals surface area contributed by atoms with Gasteiger partial charge in [-0.05, 0) is 76.7 Å². The molecule has 0 aliphatic heterocycles. The molecule has 152 valence electrons. The van der Waals surface area contributed by atoms with E-state index >= 15 is 0 Å². The molecule has 6 heteroatoms. The number of anilines is 2. The number of nitrogens with zero attached hydrogens (tertiary/aromatic N) is 3. The third kappa shape index (κ3) is 3.83. The van der Waals surface area contributed by atoms with Gasteiger partial charge in [0.15, 0.2) is 0 Å². The van der Waals surface area contributed by atoms with Crippen molar-refractivity contribution in [3.05, 3.63) is 40.8 Å². The van der Waals surface area contributed by atoms with Crippen LogP contribution in [0.25, 0.3) is 10.2 Å². The van der Waals surface area contributed by atoms with Crippen LogP contribution >= 0.6 is 11.3 Å². The van der Waals surface area contributed by atoms with Crippen LogP contribution in [0, 0.1) is 0 Å². The first kappa shape index (κ1) is 18.8. The minimum Gasteiger partial charge on any atom is -0.474 e. The van der Waals surface area contributed by atoms with Crippen LogP contribution in [0.3, 0.4) is 0 Å². The molecule has 0 radical (unpaired) electrons. The van der Waals surface area contributed by atoms with Crippen molar-refractivity contribution in [2.24, 2.45) is 0 Å². The predicted octanol–water partition coefficient (Wildman–Crippen LogP) is 5.18. The van der Waals surface area contributed by atoms with Crippen LogP contribution in [0.1, 0.15) is 42.5 Å². The molecule has 0 spiro atoms. The lowest BCUT2D eigenvalue weighted by atomic mass is 9.92. The Balaban J connectivity index is 1.45. The highest BCUT2D eigenvalue weighted by Crippen LogP contribution is 2.42. The first-order chi connectivity index (χ1) is 14.2. The Morgan fingerprint density at radius 3 is 2.59 bits per heavy atom. The Kier molecular flexibility index (Phi) is 5.14. The van der Waals surface area contributed by atoms with Crippen molar-refractivity contribution < 1.29 is 4.74 Å². The molecular formula is C23H28N4OS. The van der Waals surface area contributed by atoms with Crippen molar-refractivity contribution in [2.45, 2.75) is 57.1 Å². The highest BCUT2D eigenvalue weighted by atomic mass is 32.1. The first-order valence-corrected chi connectivity index (χ1v) is 11.5. The molecule has 1 aromatic carbocycles. The topological polar surface area (TPSA) is 50.3 Å². The summed E-state index contributed by atoms with van der Waals surface area (Å²) >= 11 is 1.81. The van der Waals surface area contributed by atoms with Gasteiger partial charge in [-0.2, -0.15) is 4.98 Å². The number of hydrogen-bond acceptors (Lipinski definition) is 6. The average Bonchev–Trinajstić information content (AvgIpc) is 3.30. The molecule has 0 atom stereocenters. The molecule has 5 rings (SSSR count). The summed E-state index contributed by atoms with van der Waals surface area (Å²) in [5.74, 6) is 1.40. The summed E-state index contributed by atoms with van der Waals surface area (Å²) in [6.07, 6.45) is 8.29. The molecule has 29 heavy (non-hydrogen) atoms. The summed E-state index contributed by atoms with van der Waals surface area (Å²) in [5.41, 5.74) is 2.42. The second-order valence-corrected chi connectivity index (χ2v) is 9.48. The van der Waals surface area contributed by atoms with Gasteiger partial charge < -0.3 is 15.0 Å². The molecule has 2 heterocycles. The minimum absolute atomic E-state index is 0.242. The van der Waals surface area contributed by atoms with Crippen molar-refractivity contribution >= 4 is 33.2 Å². The molecule has 2 aromatic heterocycles. The van der Waals surface area contributed by atoms with E-state index in [0.29, 0.717) is 12.0 Å². The van der Waals surface area contributed by atoms with Gasteiger partial charge in [0.05, 0.1) is 5.39 Å². The number of para-hydroxylation sites is 1. The van der Waals surface area contributed by atoms with Gasteiger partial charge in [0.2, 0.25) is 11.8 Å². The zero-order valence-corrected chi connectivity index (χ0v) is 18.0. The Hall–Kier alpha value is -2.18. The number of fused-ring (bicyclic) bond motifs is 3. The lowest BCUT2D eigenvalue weighted by Gasteiger charge is -2.32. The zero-order chi connectivity index (χ0) is 19.8. The maximum absolute atomic E-state index is 6.56. The van der Waals surface area contributed by atoms with E-state index in [-0.39, 0.29) is 6.10 Å². The second kappa shape index (κ2) is 7.92. The first-order valence-electron chi connectivity index (χ1n) is 10.6. The zero-order valence-electron chi connectivity index (χ0n) is 17.1. The van der Waals surface area contributed by atoms with Crippen LogP contribution in [-0.2, 0) is 12.8 Å². The maximum atomic E-state index is 6.56. The van der Waals surface area contributed by atoms with Gasteiger partial charge in [-0.3, -0.25) is 0 Å². The van der Waals surface area contributed by atoms with E-state index in [9.17, 15) is 0 Å². The van der Waals surface area contributed by atoms with Gasteiger partial charge in [-0.15, -0.1) is 11.3 Å². The number of nitrogens with one attached hydrogen (secondary N) is 1. The molecule has 0 unspecified atom stereocenters. The summed E-state index contributed by atoms with van der Waals surface area (Å²) in [5, 5.41) is 4.52. The summed E-state index contributed by atoms with van der Waals surface area (Å²) < 4.78 is 6.56. The SMILES string of the molecule is CN(C)[C@H]1CC[C@H](Oc2nc(Nc3ccccc3)nc3sc4c(c23)CCC4)CC1. The summed E-state index contributed by atoms with van der Waals surface area (Å²) in [6, 6.07) is 10.8. The number of rotatable bonds is 5. The molecule has 3 aromatic rings. The van der Waals surface area contributed by atoms with Crippen molar-refractivity contribution in [1.29, 1.82) is 0 Å². The van der Waals surface area contributed by atoms with Crippen LogP contribution in [0.2, 0.25) is 0 Å². The van der Waals surface area contributed by atoms with E-state index in [0.717, 1.165) is 47.5 Å². The van der Waals surface area contributed by atoms with E-state index < -0.39 is 0 Å². The highest BCUT2D eigenvalue weighted by Gasteiger charge is 2.27. The Bertz CT molecular complexity index is 993. The van der Waals surface area contributed by atoms with Gasteiger partial charge in [-0.1, -0.05) is 18.2 Å². The van der Waals surface area contributed by atoms with E-state index in [1.807, 2.05) is 41.7 Å².